The maximum absolute atomic E-state index is 11.7. The van der Waals surface area contributed by atoms with E-state index in [4.69, 9.17) is 15.2 Å². The molecule has 1 aliphatic rings. The molecule has 0 saturated carbocycles. The highest BCUT2D eigenvalue weighted by Crippen LogP contribution is 2.46. The van der Waals surface area contributed by atoms with E-state index in [2.05, 4.69) is 4.90 Å². The Morgan fingerprint density at radius 2 is 2.00 bits per heavy atom. The minimum Gasteiger partial charge on any atom is -0.492 e. The minimum atomic E-state index is -0.627. The van der Waals surface area contributed by atoms with E-state index >= 15 is 0 Å². The summed E-state index contributed by atoms with van der Waals surface area (Å²) >= 11 is 1.27. The number of methoxy groups -OCH3 is 2. The molecule has 1 aliphatic heterocycles. The topological polar surface area (TPSA) is 85.0 Å². The van der Waals surface area contributed by atoms with Crippen molar-refractivity contribution >= 4 is 28.0 Å². The standard InChI is InChI=1S/C13H20N2O4S/c1-13(17)4-6-15(7-5-13)11-9(18-2)8(14)10(20-11)12(16)19-3/h17H,4-7,14H2,1-3H3. The second-order valence-corrected chi connectivity index (χ2v) is 6.16. The van der Waals surface area contributed by atoms with Crippen LogP contribution in [0, 0.1) is 0 Å². The molecule has 1 aromatic heterocycles. The molecule has 7 heteroatoms. The molecule has 6 nitrogen and oxygen atoms in total. The maximum atomic E-state index is 11.7. The van der Waals surface area contributed by atoms with Crippen LogP contribution in [-0.2, 0) is 4.74 Å². The molecule has 0 aliphatic carbocycles. The van der Waals surface area contributed by atoms with Crippen molar-refractivity contribution in [3.63, 3.8) is 0 Å². The summed E-state index contributed by atoms with van der Waals surface area (Å²) < 4.78 is 10.1. The number of nitrogens with two attached hydrogens (primary N) is 1. The lowest BCUT2D eigenvalue weighted by molar-refractivity contribution is 0.0351. The number of aliphatic hydroxyl groups is 1. The van der Waals surface area contributed by atoms with E-state index < -0.39 is 11.6 Å². The normalized spacial score (nSPS) is 17.9. The number of esters is 1. The third kappa shape index (κ3) is 2.69. The summed E-state index contributed by atoms with van der Waals surface area (Å²) in [6.45, 7) is 3.23. The molecule has 0 amide bonds. The molecule has 0 bridgehead atoms. The second kappa shape index (κ2) is 5.49. The van der Waals surface area contributed by atoms with E-state index in [1.165, 1.54) is 25.6 Å². The zero-order valence-corrected chi connectivity index (χ0v) is 12.7. The first-order valence-electron chi connectivity index (χ1n) is 6.41. The molecule has 2 heterocycles. The number of thiophene rings is 1. The highest BCUT2D eigenvalue weighted by molar-refractivity contribution is 7.19. The number of nitrogen functional groups attached to an aromatic ring is 1. The van der Waals surface area contributed by atoms with Crippen molar-refractivity contribution in [1.29, 1.82) is 0 Å². The molecule has 112 valence electrons. The summed E-state index contributed by atoms with van der Waals surface area (Å²) in [5.74, 6) is 0.0537. The van der Waals surface area contributed by atoms with Crippen LogP contribution in [0.2, 0.25) is 0 Å². The zero-order valence-electron chi connectivity index (χ0n) is 11.9. The van der Waals surface area contributed by atoms with Crippen LogP contribution in [0.25, 0.3) is 0 Å². The highest BCUT2D eigenvalue weighted by atomic mass is 32.1. The number of ether oxygens (including phenoxy) is 2. The van der Waals surface area contributed by atoms with Crippen LogP contribution in [0.5, 0.6) is 5.75 Å². The maximum Gasteiger partial charge on any atom is 0.350 e. The molecule has 1 fully saturated rings. The van der Waals surface area contributed by atoms with Gasteiger partial charge in [0, 0.05) is 13.1 Å². The summed E-state index contributed by atoms with van der Waals surface area (Å²) in [6, 6.07) is 0. The van der Waals surface area contributed by atoms with Gasteiger partial charge < -0.3 is 25.2 Å². The van der Waals surface area contributed by atoms with Crippen LogP contribution in [-0.4, -0.2) is 44.0 Å². The summed E-state index contributed by atoms with van der Waals surface area (Å²) in [7, 11) is 2.86. The van der Waals surface area contributed by atoms with Crippen LogP contribution >= 0.6 is 11.3 Å². The van der Waals surface area contributed by atoms with Crippen molar-refractivity contribution in [3.05, 3.63) is 4.88 Å². The lowest BCUT2D eigenvalue weighted by atomic mass is 9.94. The number of piperidine rings is 1. The van der Waals surface area contributed by atoms with E-state index in [1.807, 2.05) is 6.92 Å². The van der Waals surface area contributed by atoms with Crippen molar-refractivity contribution in [2.75, 3.05) is 37.9 Å². The van der Waals surface area contributed by atoms with Gasteiger partial charge >= 0.3 is 5.97 Å². The molecular weight excluding hydrogens is 280 g/mol. The van der Waals surface area contributed by atoms with Gasteiger partial charge in [-0.15, -0.1) is 11.3 Å². The van der Waals surface area contributed by atoms with Gasteiger partial charge in [0.2, 0.25) is 0 Å². The van der Waals surface area contributed by atoms with Gasteiger partial charge in [-0.05, 0) is 19.8 Å². The predicted octanol–water partition coefficient (Wildman–Crippen LogP) is 1.48. The van der Waals surface area contributed by atoms with Crippen molar-refractivity contribution in [3.8, 4) is 5.75 Å². The van der Waals surface area contributed by atoms with Gasteiger partial charge in [0.1, 0.15) is 15.6 Å². The Morgan fingerprint density at radius 3 is 2.50 bits per heavy atom. The van der Waals surface area contributed by atoms with Gasteiger partial charge in [0.05, 0.1) is 19.8 Å². The van der Waals surface area contributed by atoms with E-state index in [-0.39, 0.29) is 0 Å². The van der Waals surface area contributed by atoms with Crippen LogP contribution in [0.4, 0.5) is 10.7 Å². The molecule has 20 heavy (non-hydrogen) atoms. The first-order valence-corrected chi connectivity index (χ1v) is 7.23. The minimum absolute atomic E-state index is 0.316. The van der Waals surface area contributed by atoms with Gasteiger partial charge in [0.25, 0.3) is 0 Å². The molecular formula is C13H20N2O4S. The average Bonchev–Trinajstić information content (AvgIpc) is 2.75. The Labute approximate surface area is 122 Å². The monoisotopic (exact) mass is 300 g/mol. The quantitative estimate of drug-likeness (QED) is 0.822. The number of carbonyl (C=O) groups excluding carboxylic acids is 1. The smallest absolute Gasteiger partial charge is 0.350 e. The summed E-state index contributed by atoms with van der Waals surface area (Å²) in [6.07, 6.45) is 1.34. The molecule has 2 rings (SSSR count). The SMILES string of the molecule is COC(=O)c1sc(N2CCC(C)(O)CC2)c(OC)c1N. The third-order valence-electron chi connectivity index (χ3n) is 3.58. The Hall–Kier alpha value is -1.47. The first kappa shape index (κ1) is 14.9. The Balaban J connectivity index is 2.30. The summed E-state index contributed by atoms with van der Waals surface area (Å²) in [4.78, 5) is 14.1. The van der Waals surface area contributed by atoms with Crippen molar-refractivity contribution < 1.29 is 19.4 Å². The number of nitrogens with zero attached hydrogens (tertiary/aromatic N) is 1. The average molecular weight is 300 g/mol. The van der Waals surface area contributed by atoms with Crippen LogP contribution in [0.3, 0.4) is 0 Å². The van der Waals surface area contributed by atoms with Gasteiger partial charge in [-0.2, -0.15) is 0 Å². The Kier molecular flexibility index (Phi) is 4.10. The number of hydrogen-bond donors (Lipinski definition) is 2. The lowest BCUT2D eigenvalue weighted by Crippen LogP contribution is -2.42. The number of carbonyl (C=O) groups is 1. The van der Waals surface area contributed by atoms with Crippen LogP contribution < -0.4 is 15.4 Å². The largest absolute Gasteiger partial charge is 0.492 e. The first-order chi connectivity index (χ1) is 9.39. The van der Waals surface area contributed by atoms with Gasteiger partial charge in [-0.25, -0.2) is 4.79 Å². The van der Waals surface area contributed by atoms with E-state index in [9.17, 15) is 9.90 Å². The number of hydrogen-bond acceptors (Lipinski definition) is 7. The third-order valence-corrected chi connectivity index (χ3v) is 4.81. The fourth-order valence-electron chi connectivity index (χ4n) is 2.26. The van der Waals surface area contributed by atoms with Crippen molar-refractivity contribution in [2.24, 2.45) is 0 Å². The molecule has 0 aromatic carbocycles. The van der Waals surface area contributed by atoms with Crippen LogP contribution in [0.15, 0.2) is 0 Å². The molecule has 1 aromatic rings. The molecule has 0 spiro atoms. The second-order valence-electron chi connectivity index (χ2n) is 5.16. The summed E-state index contributed by atoms with van der Waals surface area (Å²) in [5, 5.41) is 10.8. The fourth-order valence-corrected chi connectivity index (χ4v) is 3.42. The molecule has 1 saturated heterocycles. The summed E-state index contributed by atoms with van der Waals surface area (Å²) in [5.41, 5.74) is 5.65. The van der Waals surface area contributed by atoms with E-state index in [0.29, 0.717) is 42.2 Å². The van der Waals surface area contributed by atoms with Crippen molar-refractivity contribution in [1.82, 2.24) is 0 Å². The van der Waals surface area contributed by atoms with Gasteiger partial charge in [0.15, 0.2) is 5.75 Å². The number of anilines is 2. The van der Waals surface area contributed by atoms with E-state index in [0.717, 1.165) is 5.00 Å². The molecule has 0 atom stereocenters. The molecule has 3 N–H and O–H groups in total. The lowest BCUT2D eigenvalue weighted by Gasteiger charge is -2.36. The fraction of sp³-hybridized carbons (Fsp3) is 0.615. The van der Waals surface area contributed by atoms with Gasteiger partial charge in [-0.3, -0.25) is 0 Å². The highest BCUT2D eigenvalue weighted by Gasteiger charge is 2.31. The van der Waals surface area contributed by atoms with E-state index in [1.54, 1.807) is 0 Å². The van der Waals surface area contributed by atoms with Crippen molar-refractivity contribution in [2.45, 2.75) is 25.4 Å². The number of rotatable bonds is 3. The van der Waals surface area contributed by atoms with Gasteiger partial charge in [-0.1, -0.05) is 0 Å². The van der Waals surface area contributed by atoms with Crippen LogP contribution in [0.1, 0.15) is 29.4 Å². The zero-order chi connectivity index (χ0) is 14.9. The Morgan fingerprint density at radius 1 is 1.40 bits per heavy atom. The molecule has 0 unspecified atom stereocenters. The Bertz CT molecular complexity index is 503. The molecule has 0 radical (unpaired) electrons. The predicted molar refractivity (Wildman–Crippen MR) is 78.7 cm³/mol.